The van der Waals surface area contributed by atoms with Crippen LogP contribution >= 0.6 is 0 Å². The molecule has 2 aliphatic rings. The van der Waals surface area contributed by atoms with Gasteiger partial charge in [-0.05, 0) is 56.9 Å². The number of pyridine rings is 1. The number of hydrogen-bond donors (Lipinski definition) is 0. The third-order valence-corrected chi connectivity index (χ3v) is 8.22. The molecule has 6 rings (SSSR count). The van der Waals surface area contributed by atoms with Crippen LogP contribution in [0.25, 0.3) is 33.3 Å². The molecule has 184 valence electrons. The van der Waals surface area contributed by atoms with Crippen LogP contribution in [0.3, 0.4) is 0 Å². The van der Waals surface area contributed by atoms with Crippen molar-refractivity contribution >= 4 is 26.7 Å². The maximum Gasteiger partial charge on any atom is 0.248 e. The SMILES string of the molecule is BC(B)(C1CCC(F)(F)CC1)n1cc(-c2cnc(C3CC3)nc2)c2ncc(-c3c(C)noc3C)cc21. The van der Waals surface area contributed by atoms with E-state index in [-0.39, 0.29) is 24.1 Å². The van der Waals surface area contributed by atoms with E-state index in [2.05, 4.69) is 47.6 Å². The summed E-state index contributed by atoms with van der Waals surface area (Å²) in [7, 11) is 4.30. The second kappa shape index (κ2) is 8.25. The fourth-order valence-electron chi connectivity index (χ4n) is 5.80. The third-order valence-electron chi connectivity index (χ3n) is 8.22. The summed E-state index contributed by atoms with van der Waals surface area (Å²) >= 11 is 0. The topological polar surface area (TPSA) is 69.6 Å². The molecule has 0 spiro atoms. The van der Waals surface area contributed by atoms with Crippen LogP contribution in [0.15, 0.2) is 35.4 Å². The van der Waals surface area contributed by atoms with Crippen LogP contribution in [-0.2, 0) is 5.34 Å². The Balaban J connectivity index is 1.49. The molecule has 0 amide bonds. The lowest BCUT2D eigenvalue weighted by Crippen LogP contribution is -2.45. The third kappa shape index (κ3) is 3.95. The predicted molar refractivity (Wildman–Crippen MR) is 140 cm³/mol. The largest absolute Gasteiger partial charge is 0.361 e. The van der Waals surface area contributed by atoms with Crippen LogP contribution in [0.2, 0.25) is 0 Å². The van der Waals surface area contributed by atoms with Gasteiger partial charge in [0.15, 0.2) is 0 Å². The number of nitrogens with zero attached hydrogens (tertiary/aromatic N) is 5. The van der Waals surface area contributed by atoms with Gasteiger partial charge in [0.2, 0.25) is 5.92 Å². The van der Waals surface area contributed by atoms with E-state index in [1.54, 1.807) is 0 Å². The van der Waals surface area contributed by atoms with Crippen molar-refractivity contribution in [3.63, 3.8) is 0 Å². The number of hydrogen-bond acceptors (Lipinski definition) is 5. The molecule has 0 aliphatic heterocycles. The van der Waals surface area contributed by atoms with Gasteiger partial charge in [0, 0.05) is 65.8 Å². The van der Waals surface area contributed by atoms with Crippen molar-refractivity contribution in [1.82, 2.24) is 24.7 Å². The van der Waals surface area contributed by atoms with Crippen LogP contribution in [0.5, 0.6) is 0 Å². The van der Waals surface area contributed by atoms with Crippen LogP contribution in [0, 0.1) is 19.8 Å². The van der Waals surface area contributed by atoms with Gasteiger partial charge in [0.25, 0.3) is 0 Å². The molecule has 4 aromatic heterocycles. The minimum Gasteiger partial charge on any atom is -0.361 e. The smallest absolute Gasteiger partial charge is 0.248 e. The second-order valence-corrected chi connectivity index (χ2v) is 11.1. The highest BCUT2D eigenvalue weighted by Crippen LogP contribution is 2.44. The van der Waals surface area contributed by atoms with Crippen molar-refractivity contribution in [3.8, 4) is 22.3 Å². The maximum atomic E-state index is 14.0. The Labute approximate surface area is 210 Å². The van der Waals surface area contributed by atoms with Crippen molar-refractivity contribution in [3.05, 3.63) is 48.1 Å². The molecule has 2 saturated carbocycles. The highest BCUT2D eigenvalue weighted by atomic mass is 19.3. The molecular weight excluding hydrogens is 458 g/mol. The number of aryl methyl sites for hydroxylation is 2. The first-order valence-electron chi connectivity index (χ1n) is 12.8. The highest BCUT2D eigenvalue weighted by Gasteiger charge is 2.41. The van der Waals surface area contributed by atoms with Gasteiger partial charge in [-0.1, -0.05) is 5.16 Å². The van der Waals surface area contributed by atoms with E-state index in [0.717, 1.165) is 63.4 Å². The van der Waals surface area contributed by atoms with Gasteiger partial charge in [0.05, 0.1) is 16.7 Å². The molecule has 0 bridgehead atoms. The van der Waals surface area contributed by atoms with Gasteiger partial charge in [-0.25, -0.2) is 18.7 Å². The summed E-state index contributed by atoms with van der Waals surface area (Å²) in [6.07, 6.45) is 10.9. The Morgan fingerprint density at radius 3 is 2.28 bits per heavy atom. The molecule has 0 N–H and O–H groups in total. The number of aromatic nitrogens is 5. The molecule has 6 nitrogen and oxygen atoms in total. The minimum absolute atomic E-state index is 0.0633. The lowest BCUT2D eigenvalue weighted by Gasteiger charge is -2.41. The number of fused-ring (bicyclic) bond motifs is 1. The first kappa shape index (κ1) is 23.4. The Morgan fingerprint density at radius 1 is 1.00 bits per heavy atom. The maximum absolute atomic E-state index is 14.0. The lowest BCUT2D eigenvalue weighted by atomic mass is 9.52. The lowest BCUT2D eigenvalue weighted by molar-refractivity contribution is -0.0498. The first-order chi connectivity index (χ1) is 17.1. The van der Waals surface area contributed by atoms with E-state index in [1.165, 1.54) is 0 Å². The molecule has 0 radical (unpaired) electrons. The van der Waals surface area contributed by atoms with Crippen molar-refractivity contribution in [1.29, 1.82) is 0 Å². The summed E-state index contributed by atoms with van der Waals surface area (Å²) in [4.78, 5) is 14.2. The zero-order chi connectivity index (χ0) is 25.2. The van der Waals surface area contributed by atoms with E-state index >= 15 is 0 Å². The van der Waals surface area contributed by atoms with Gasteiger partial charge in [-0.2, -0.15) is 0 Å². The molecular formula is C26H29B2F2N5O. The van der Waals surface area contributed by atoms with Crippen molar-refractivity contribution in [2.75, 3.05) is 0 Å². The van der Waals surface area contributed by atoms with Gasteiger partial charge in [0.1, 0.15) is 27.3 Å². The monoisotopic (exact) mass is 487 g/mol. The zero-order valence-electron chi connectivity index (χ0n) is 21.2. The van der Waals surface area contributed by atoms with Crippen LogP contribution < -0.4 is 0 Å². The number of rotatable bonds is 5. The summed E-state index contributed by atoms with van der Waals surface area (Å²) in [6, 6.07) is 2.12. The van der Waals surface area contributed by atoms with E-state index < -0.39 is 5.92 Å². The van der Waals surface area contributed by atoms with Crippen LogP contribution in [0.4, 0.5) is 8.78 Å². The molecule has 2 fully saturated rings. The number of alkyl halides is 2. The molecule has 2 aliphatic carbocycles. The van der Waals surface area contributed by atoms with Crippen molar-refractivity contribution in [2.45, 2.75) is 69.6 Å². The van der Waals surface area contributed by atoms with E-state index in [0.29, 0.717) is 18.8 Å². The highest BCUT2D eigenvalue weighted by molar-refractivity contribution is 6.38. The van der Waals surface area contributed by atoms with E-state index in [9.17, 15) is 8.78 Å². The Hall–Kier alpha value is -3.03. The molecule has 0 saturated heterocycles. The fourth-order valence-corrected chi connectivity index (χ4v) is 5.80. The predicted octanol–water partition coefficient (Wildman–Crippen LogP) is 4.34. The fraction of sp³-hybridized carbons (Fsp3) is 0.462. The second-order valence-electron chi connectivity index (χ2n) is 11.1. The molecule has 4 aromatic rings. The van der Waals surface area contributed by atoms with E-state index in [1.807, 2.05) is 32.4 Å². The quantitative estimate of drug-likeness (QED) is 0.392. The van der Waals surface area contributed by atoms with Crippen molar-refractivity contribution < 1.29 is 13.3 Å². The Bertz CT molecular complexity index is 1410. The summed E-state index contributed by atoms with van der Waals surface area (Å²) in [6.45, 7) is 3.82. The average Bonchev–Trinajstić information content (AvgIpc) is 3.55. The standard InChI is InChI=1S/C26H29B2F2N5O/c1-14-22(15(2)36-34-14)17-9-21-23(31-10-17)20(18-11-32-24(33-12-18)16-3-4-16)13-35(21)26(27,28)19-5-7-25(29,30)8-6-19/h9-13,16,19H,3-8,27-28H2,1-2H3. The Morgan fingerprint density at radius 2 is 1.67 bits per heavy atom. The van der Waals surface area contributed by atoms with Gasteiger partial charge in [-0.15, -0.1) is 0 Å². The van der Waals surface area contributed by atoms with Gasteiger partial charge in [-0.3, -0.25) is 4.98 Å². The summed E-state index contributed by atoms with van der Waals surface area (Å²) in [5, 5.41) is 3.73. The molecule has 0 atom stereocenters. The summed E-state index contributed by atoms with van der Waals surface area (Å²) < 4.78 is 35.6. The van der Waals surface area contributed by atoms with E-state index in [4.69, 9.17) is 9.51 Å². The molecule has 10 heteroatoms. The zero-order valence-corrected chi connectivity index (χ0v) is 21.2. The molecule has 36 heavy (non-hydrogen) atoms. The van der Waals surface area contributed by atoms with Gasteiger partial charge >= 0.3 is 0 Å². The molecule has 0 aromatic carbocycles. The van der Waals surface area contributed by atoms with Crippen LogP contribution in [0.1, 0.15) is 61.7 Å². The summed E-state index contributed by atoms with van der Waals surface area (Å²) in [5.74, 6) is -0.310. The van der Waals surface area contributed by atoms with Gasteiger partial charge < -0.3 is 9.09 Å². The molecule has 4 heterocycles. The average molecular weight is 487 g/mol. The van der Waals surface area contributed by atoms with Crippen molar-refractivity contribution in [2.24, 2.45) is 5.92 Å². The summed E-state index contributed by atoms with van der Waals surface area (Å²) in [5.41, 5.74) is 6.34. The first-order valence-corrected chi connectivity index (χ1v) is 12.8. The molecule has 0 unspecified atom stereocenters. The normalized spacial score (nSPS) is 18.7. The number of halogens is 2. The van der Waals surface area contributed by atoms with Crippen LogP contribution in [-0.4, -0.2) is 46.3 Å². The minimum atomic E-state index is -2.56. The Kier molecular flexibility index (Phi) is 5.36.